The number of amides is 1. The van der Waals surface area contributed by atoms with Crippen LogP contribution in [0.25, 0.3) is 0 Å². The predicted octanol–water partition coefficient (Wildman–Crippen LogP) is 2.78. The molecule has 3 aliphatic rings. The summed E-state index contributed by atoms with van der Waals surface area (Å²) < 4.78 is 17.7. The Balaban J connectivity index is 1.13. The molecule has 4 heterocycles. The molecule has 2 aromatic rings. The van der Waals surface area contributed by atoms with E-state index in [2.05, 4.69) is 11.1 Å². The van der Waals surface area contributed by atoms with Gasteiger partial charge in [-0.15, -0.1) is 0 Å². The summed E-state index contributed by atoms with van der Waals surface area (Å²) in [6, 6.07) is 10.1. The van der Waals surface area contributed by atoms with Crippen LogP contribution in [0.15, 0.2) is 42.7 Å². The summed E-state index contributed by atoms with van der Waals surface area (Å²) in [6.07, 6.45) is 7.06. The van der Waals surface area contributed by atoms with E-state index in [-0.39, 0.29) is 11.5 Å². The molecule has 0 bridgehead atoms. The Morgan fingerprint density at radius 1 is 1.17 bits per heavy atom. The second-order valence-electron chi connectivity index (χ2n) is 8.59. The fraction of sp³-hybridized carbons (Fsp3) is 0.500. The number of nitrogens with zero attached hydrogens (tertiary/aromatic N) is 2. The van der Waals surface area contributed by atoms with Gasteiger partial charge < -0.3 is 19.1 Å². The summed E-state index contributed by atoms with van der Waals surface area (Å²) in [7, 11) is 0. The lowest BCUT2D eigenvalue weighted by Crippen LogP contribution is -2.66. The van der Waals surface area contributed by atoms with Crippen LogP contribution in [0.1, 0.15) is 29.5 Å². The van der Waals surface area contributed by atoms with Crippen molar-refractivity contribution in [2.75, 3.05) is 32.9 Å². The van der Waals surface area contributed by atoms with E-state index in [4.69, 9.17) is 14.2 Å². The van der Waals surface area contributed by atoms with Crippen LogP contribution in [0.3, 0.4) is 0 Å². The summed E-state index contributed by atoms with van der Waals surface area (Å²) in [4.78, 5) is 18.8. The Kier molecular flexibility index (Phi) is 5.44. The van der Waals surface area contributed by atoms with Gasteiger partial charge in [0.2, 0.25) is 5.91 Å². The highest BCUT2D eigenvalue weighted by Gasteiger charge is 2.54. The zero-order valence-electron chi connectivity index (χ0n) is 17.2. The number of carbonyl (C=O) groups is 1. The number of aryl methyl sites for hydroxylation is 1. The predicted molar refractivity (Wildman–Crippen MR) is 111 cm³/mol. The standard InChI is InChI=1S/C24H28N2O4/c27-23(13-19-3-4-22-20(12-19)2-1-10-29-22)26-16-24(17-26)21(7-11-30-24)15-28-14-18-5-8-25-9-6-18/h3-6,8-9,12,21H,1-2,7,10-11,13-17H2. The molecular formula is C24H28N2O4. The van der Waals surface area contributed by atoms with Gasteiger partial charge in [-0.05, 0) is 54.2 Å². The van der Waals surface area contributed by atoms with E-state index in [9.17, 15) is 4.79 Å². The Morgan fingerprint density at radius 3 is 2.90 bits per heavy atom. The molecule has 1 unspecified atom stereocenters. The highest BCUT2D eigenvalue weighted by molar-refractivity contribution is 5.80. The first kappa shape index (κ1) is 19.5. The van der Waals surface area contributed by atoms with E-state index in [1.165, 1.54) is 5.56 Å². The number of rotatable bonds is 6. The molecule has 30 heavy (non-hydrogen) atoms. The highest BCUT2D eigenvalue weighted by Crippen LogP contribution is 2.40. The number of benzene rings is 1. The first-order chi connectivity index (χ1) is 14.7. The number of likely N-dealkylation sites (tertiary alicyclic amines) is 1. The number of pyridine rings is 1. The lowest BCUT2D eigenvalue weighted by Gasteiger charge is -2.50. The Morgan fingerprint density at radius 2 is 2.03 bits per heavy atom. The molecule has 6 nitrogen and oxygen atoms in total. The molecule has 5 rings (SSSR count). The molecule has 2 saturated heterocycles. The van der Waals surface area contributed by atoms with Crippen molar-refractivity contribution in [1.29, 1.82) is 0 Å². The van der Waals surface area contributed by atoms with Crippen LogP contribution in [-0.2, 0) is 33.7 Å². The van der Waals surface area contributed by atoms with Crippen LogP contribution in [0.2, 0.25) is 0 Å². The normalized spacial score (nSPS) is 21.7. The van der Waals surface area contributed by atoms with Gasteiger partial charge in [0.25, 0.3) is 0 Å². The molecule has 3 aliphatic heterocycles. The third-order valence-corrected chi connectivity index (χ3v) is 6.53. The third kappa shape index (κ3) is 3.94. The average Bonchev–Trinajstić information content (AvgIpc) is 3.17. The summed E-state index contributed by atoms with van der Waals surface area (Å²) in [6.45, 7) is 4.12. The quantitative estimate of drug-likeness (QED) is 0.736. The second kappa shape index (κ2) is 8.36. The van der Waals surface area contributed by atoms with Gasteiger partial charge in [0, 0.05) is 24.9 Å². The number of aromatic nitrogens is 1. The summed E-state index contributed by atoms with van der Waals surface area (Å²) >= 11 is 0. The van der Waals surface area contributed by atoms with Crippen molar-refractivity contribution < 1.29 is 19.0 Å². The Labute approximate surface area is 177 Å². The molecule has 158 valence electrons. The zero-order chi connectivity index (χ0) is 20.4. The Bertz CT molecular complexity index is 895. The minimum atomic E-state index is -0.225. The van der Waals surface area contributed by atoms with Crippen molar-refractivity contribution >= 4 is 5.91 Å². The molecule has 2 fully saturated rings. The fourth-order valence-electron chi connectivity index (χ4n) is 4.75. The lowest BCUT2D eigenvalue weighted by atomic mass is 9.81. The molecular weight excluding hydrogens is 380 g/mol. The molecule has 1 spiro atoms. The number of hydrogen-bond acceptors (Lipinski definition) is 5. The largest absolute Gasteiger partial charge is 0.493 e. The van der Waals surface area contributed by atoms with Crippen LogP contribution in [-0.4, -0.2) is 54.3 Å². The van der Waals surface area contributed by atoms with E-state index in [0.29, 0.717) is 38.6 Å². The minimum absolute atomic E-state index is 0.171. The van der Waals surface area contributed by atoms with Crippen LogP contribution >= 0.6 is 0 Å². The van der Waals surface area contributed by atoms with Crippen molar-refractivity contribution in [3.8, 4) is 5.75 Å². The van der Waals surface area contributed by atoms with Gasteiger partial charge in [-0.3, -0.25) is 9.78 Å². The summed E-state index contributed by atoms with van der Waals surface area (Å²) in [5.74, 6) is 1.47. The molecule has 0 N–H and O–H groups in total. The number of ether oxygens (including phenoxy) is 3. The van der Waals surface area contributed by atoms with Gasteiger partial charge in [-0.2, -0.15) is 0 Å². The molecule has 0 aliphatic carbocycles. The van der Waals surface area contributed by atoms with Crippen LogP contribution < -0.4 is 4.74 Å². The molecule has 1 atom stereocenters. The van der Waals surface area contributed by atoms with Crippen molar-refractivity contribution in [3.05, 3.63) is 59.4 Å². The van der Waals surface area contributed by atoms with E-state index in [1.54, 1.807) is 12.4 Å². The van der Waals surface area contributed by atoms with E-state index in [1.807, 2.05) is 29.2 Å². The smallest absolute Gasteiger partial charge is 0.227 e. The molecule has 0 saturated carbocycles. The lowest BCUT2D eigenvalue weighted by molar-refractivity contribution is -0.168. The maximum atomic E-state index is 12.8. The van der Waals surface area contributed by atoms with E-state index < -0.39 is 0 Å². The highest BCUT2D eigenvalue weighted by atomic mass is 16.5. The summed E-state index contributed by atoms with van der Waals surface area (Å²) in [5.41, 5.74) is 3.18. The fourth-order valence-corrected chi connectivity index (χ4v) is 4.75. The number of carbonyl (C=O) groups excluding carboxylic acids is 1. The van der Waals surface area contributed by atoms with Gasteiger partial charge >= 0.3 is 0 Å². The van der Waals surface area contributed by atoms with Crippen LogP contribution in [0, 0.1) is 5.92 Å². The SMILES string of the molecule is O=C(Cc1ccc2c(c1)CCCO2)N1CC2(C1)OCCC2COCc1ccncc1. The van der Waals surface area contributed by atoms with Crippen molar-refractivity contribution in [1.82, 2.24) is 9.88 Å². The van der Waals surface area contributed by atoms with Crippen molar-refractivity contribution in [2.45, 2.75) is 37.9 Å². The van der Waals surface area contributed by atoms with Crippen LogP contribution in [0.4, 0.5) is 0 Å². The third-order valence-electron chi connectivity index (χ3n) is 6.53. The van der Waals surface area contributed by atoms with Gasteiger partial charge in [0.05, 0.1) is 39.3 Å². The van der Waals surface area contributed by atoms with Gasteiger partial charge in [0.15, 0.2) is 0 Å². The second-order valence-corrected chi connectivity index (χ2v) is 8.59. The maximum Gasteiger partial charge on any atom is 0.227 e. The number of hydrogen-bond donors (Lipinski definition) is 0. The Hall–Kier alpha value is -2.44. The molecule has 1 amide bonds. The van der Waals surface area contributed by atoms with Gasteiger partial charge in [-0.25, -0.2) is 0 Å². The minimum Gasteiger partial charge on any atom is -0.493 e. The first-order valence-electron chi connectivity index (χ1n) is 10.8. The monoisotopic (exact) mass is 408 g/mol. The molecule has 6 heteroatoms. The first-order valence-corrected chi connectivity index (χ1v) is 10.8. The average molecular weight is 408 g/mol. The number of fused-ring (bicyclic) bond motifs is 1. The zero-order valence-corrected chi connectivity index (χ0v) is 17.2. The van der Waals surface area contributed by atoms with Crippen molar-refractivity contribution in [2.24, 2.45) is 5.92 Å². The molecule has 0 radical (unpaired) electrons. The van der Waals surface area contributed by atoms with Crippen LogP contribution in [0.5, 0.6) is 5.75 Å². The summed E-state index contributed by atoms with van der Waals surface area (Å²) in [5, 5.41) is 0. The van der Waals surface area contributed by atoms with E-state index in [0.717, 1.165) is 49.4 Å². The van der Waals surface area contributed by atoms with Crippen molar-refractivity contribution in [3.63, 3.8) is 0 Å². The van der Waals surface area contributed by atoms with Gasteiger partial charge in [0.1, 0.15) is 11.4 Å². The van der Waals surface area contributed by atoms with E-state index >= 15 is 0 Å². The van der Waals surface area contributed by atoms with Gasteiger partial charge in [-0.1, -0.05) is 12.1 Å². The molecule has 1 aromatic heterocycles. The topological polar surface area (TPSA) is 60.9 Å². The molecule has 1 aromatic carbocycles. The maximum absolute atomic E-state index is 12.8.